The number of isocyanates is 1. The van der Waals surface area contributed by atoms with E-state index in [1.54, 1.807) is 20.2 Å². The van der Waals surface area contributed by atoms with Gasteiger partial charge in [-0.05, 0) is 90.1 Å². The van der Waals surface area contributed by atoms with Gasteiger partial charge in [-0.3, -0.25) is 33.6 Å². The number of nitrogens with one attached hydrogen (secondary N) is 2. The van der Waals surface area contributed by atoms with E-state index in [-0.39, 0.29) is 57.8 Å². The first-order valence-corrected chi connectivity index (χ1v) is 37.3. The van der Waals surface area contributed by atoms with Gasteiger partial charge in [0.1, 0.15) is 57.3 Å². The molecular weight excluding hydrogens is 1300 g/mol. The van der Waals surface area contributed by atoms with Crippen LogP contribution in [0, 0.1) is 27.7 Å². The highest BCUT2D eigenvalue weighted by molar-refractivity contribution is 6.21. The highest BCUT2D eigenvalue weighted by Crippen LogP contribution is 2.38. The van der Waals surface area contributed by atoms with Crippen LogP contribution in [0.1, 0.15) is 260 Å². The van der Waals surface area contributed by atoms with Crippen LogP contribution in [0.2, 0.25) is 0 Å². The number of likely N-dealkylation sites (N-methyl/N-ethyl adjacent to an activating group) is 2. The van der Waals surface area contributed by atoms with Gasteiger partial charge in [0, 0.05) is 159 Å². The average Bonchev–Trinajstić information content (AvgIpc) is 1.65. The number of rotatable bonds is 4. The zero-order valence-electron chi connectivity index (χ0n) is 71.8. The maximum atomic E-state index is 11.9. The molecule has 10 heterocycles. The van der Waals surface area contributed by atoms with E-state index in [4.69, 9.17) is 4.79 Å². The van der Waals surface area contributed by atoms with E-state index in [0.29, 0.717) is 86.7 Å². The molecule has 0 fully saturated rings. The molecule has 0 aliphatic carbocycles. The molecule has 8 aliphatic rings. The number of Topliss-reactive ketones (excluding diaryl/α,β-unsaturated/α-hetero) is 4. The molecule has 0 aromatic carbocycles. The van der Waals surface area contributed by atoms with E-state index in [0.717, 1.165) is 69.6 Å². The van der Waals surface area contributed by atoms with Crippen molar-refractivity contribution in [3.63, 3.8) is 0 Å². The van der Waals surface area contributed by atoms with Crippen LogP contribution in [-0.4, -0.2) is 174 Å². The van der Waals surface area contributed by atoms with Crippen molar-refractivity contribution in [3.8, 4) is 0 Å². The monoisotopic (exact) mass is 1450 g/mol. The normalized spacial score (nSPS) is 14.8. The highest BCUT2D eigenvalue weighted by Gasteiger charge is 2.39. The molecule has 2 amide bonds. The highest BCUT2D eigenvalue weighted by atomic mass is 16.3. The molecule has 8 aliphatic heterocycles. The fraction of sp³-hybridized carbons (Fsp3) is 0.620. The largest absolute Gasteiger partial charge is 0.511 e. The SMILES string of the molecule is CC.CC.CC.CC.CC.CC.CC.CC.CC.CC.CC(=O)C1=C(O)CCn2c1nc(C)c2C.CC(=O)C1=C2N(C)C(C)=C(C)N2CCC1=O.CC1=C(C)N2CCC(=O)C=C2N1C.CN.CN=C=O.CNC(=O)C1=C(O)CCn2c1nc(C)c2C.CNC(=O)C1=C2N(C)C(C)=C(C)N2CCC1=O. The third-order valence-electron chi connectivity index (χ3n) is 15.9. The number of nitrogens with two attached hydrogens (primary N) is 1. The summed E-state index contributed by atoms with van der Waals surface area (Å²) in [6.45, 7) is 66.4. The quantitative estimate of drug-likeness (QED) is 0.108. The number of hydrogen-bond donors (Lipinski definition) is 5. The maximum Gasteiger partial charge on any atom is 0.258 e. The van der Waals surface area contributed by atoms with Gasteiger partial charge in [0.15, 0.2) is 28.9 Å². The number of hydrogen-bond acceptors (Lipinski definition) is 20. The number of aromatic nitrogens is 4. The molecule has 0 radical (unpaired) electrons. The first-order valence-electron chi connectivity index (χ1n) is 37.3. The Hall–Kier alpha value is -8.63. The number of imidazole rings is 2. The summed E-state index contributed by atoms with van der Waals surface area (Å²) in [4.78, 5) is 114. The molecule has 590 valence electrons. The molecule has 10 rings (SSSR count). The molecule has 24 heteroatoms. The topological polar surface area (TPSA) is 295 Å². The van der Waals surface area contributed by atoms with Crippen LogP contribution < -0.4 is 16.4 Å². The maximum absolute atomic E-state index is 11.9. The molecule has 0 atom stereocenters. The van der Waals surface area contributed by atoms with Gasteiger partial charge in [-0.2, -0.15) is 0 Å². The van der Waals surface area contributed by atoms with Crippen molar-refractivity contribution in [1.82, 2.24) is 59.1 Å². The third kappa shape index (κ3) is 28.5. The molecule has 0 spiro atoms. The van der Waals surface area contributed by atoms with Crippen molar-refractivity contribution in [2.75, 3.05) is 69.0 Å². The molecule has 2 aromatic heterocycles. The summed E-state index contributed by atoms with van der Waals surface area (Å²) < 4.78 is 3.96. The number of nitrogens with zero attached hydrogens (tertiary/aromatic N) is 11. The number of ketones is 5. The Morgan fingerprint density at radius 1 is 0.447 bits per heavy atom. The molecule has 0 saturated carbocycles. The summed E-state index contributed by atoms with van der Waals surface area (Å²) in [6.07, 6.45) is 5.50. The lowest BCUT2D eigenvalue weighted by atomic mass is 10.0. The summed E-state index contributed by atoms with van der Waals surface area (Å²) in [6, 6.07) is 0. The van der Waals surface area contributed by atoms with Crippen LogP contribution in [0.25, 0.3) is 11.1 Å². The van der Waals surface area contributed by atoms with E-state index >= 15 is 0 Å². The summed E-state index contributed by atoms with van der Waals surface area (Å²) >= 11 is 0. The Bertz CT molecular complexity index is 3310. The molecule has 24 nitrogen and oxygen atoms in total. The average molecular weight is 1450 g/mol. The van der Waals surface area contributed by atoms with Crippen LogP contribution in [0.15, 0.2) is 85.4 Å². The molecule has 0 saturated heterocycles. The third-order valence-corrected chi connectivity index (χ3v) is 15.9. The van der Waals surface area contributed by atoms with Gasteiger partial charge in [-0.1, -0.05) is 138 Å². The van der Waals surface area contributed by atoms with E-state index in [1.807, 2.05) is 239 Å². The van der Waals surface area contributed by atoms with Crippen molar-refractivity contribution in [2.45, 2.75) is 267 Å². The van der Waals surface area contributed by atoms with Gasteiger partial charge >= 0.3 is 0 Å². The van der Waals surface area contributed by atoms with Crippen LogP contribution in [0.4, 0.5) is 0 Å². The minimum absolute atomic E-state index is 0.0342. The standard InChI is InChI=1S/C12H17N3O2.C12H16N2O2.C11H15N3O2.C11H14N2O2.C10H14N2O.C2H3NO.10C2H6.CH5N/c1-7-8(2)15-6-5-9(16)10(11(17)13-3)12(15)14(7)4;1-7-8(2)14-6-5-10(16)11(9(3)15)12(14)13(7)4;1-6-7(2)14-5-4-8(15)9(10(14)13-6)11(16)12-3;1-6-7(2)13-5-4-9(15)10(8(3)14)11(13)12-6;1-7-8(2)12-5-4-9(13)6-10(12)11(7)3;1-3-2-4;11*1-2/h5-6H2,1-4H3,(H,13,17);5-6H2,1-4H3;15H,4-5H2,1-3H3,(H,12,16);15H,4-5H2,1-3H3;6H,4-5H2,1-3H3;1H3;10*1-2H3;2H2,1H3. The first kappa shape index (κ1) is 108. The summed E-state index contributed by atoms with van der Waals surface area (Å²) in [5.41, 5.74) is 16.6. The number of fused-ring (bicyclic) bond motifs is 5. The van der Waals surface area contributed by atoms with Crippen molar-refractivity contribution in [2.24, 2.45) is 10.7 Å². The minimum Gasteiger partial charge on any atom is -0.511 e. The van der Waals surface area contributed by atoms with E-state index < -0.39 is 0 Å². The van der Waals surface area contributed by atoms with Crippen molar-refractivity contribution in [1.29, 1.82) is 0 Å². The van der Waals surface area contributed by atoms with Crippen LogP contribution in [0.3, 0.4) is 0 Å². The number of aliphatic hydroxyl groups is 2. The Morgan fingerprint density at radius 2 is 0.738 bits per heavy atom. The molecular formula is C79H144N14O10. The van der Waals surface area contributed by atoms with Crippen molar-refractivity contribution < 1.29 is 48.6 Å². The number of allylic oxidation sites excluding steroid dienone is 11. The number of aliphatic imine (C=N–C) groups is 1. The lowest BCUT2D eigenvalue weighted by Crippen LogP contribution is -2.38. The van der Waals surface area contributed by atoms with Crippen molar-refractivity contribution >= 4 is 58.0 Å². The second-order valence-electron chi connectivity index (χ2n) is 20.4. The van der Waals surface area contributed by atoms with Crippen LogP contribution >= 0.6 is 0 Å². The zero-order chi connectivity index (χ0) is 82.8. The van der Waals surface area contributed by atoms with Crippen molar-refractivity contribution in [3.05, 3.63) is 115 Å². The lowest BCUT2D eigenvalue weighted by Gasteiger charge is -2.30. The van der Waals surface area contributed by atoms with Gasteiger partial charge in [-0.25, -0.2) is 19.8 Å². The number of amides is 2. The number of carbonyl (C=O) groups excluding carboxylic acids is 8. The van der Waals surface area contributed by atoms with Gasteiger partial charge in [0.05, 0.1) is 17.0 Å². The Balaban J connectivity index is -0.000000207. The van der Waals surface area contributed by atoms with Gasteiger partial charge in [-0.15, -0.1) is 0 Å². The molecule has 2 aromatic rings. The minimum atomic E-state index is -0.302. The van der Waals surface area contributed by atoms with Crippen LogP contribution in [-0.2, 0) is 51.4 Å². The van der Waals surface area contributed by atoms with E-state index in [2.05, 4.69) is 59.9 Å². The van der Waals surface area contributed by atoms with E-state index in [1.165, 1.54) is 45.4 Å². The predicted molar refractivity (Wildman–Crippen MR) is 428 cm³/mol. The molecule has 0 bridgehead atoms. The summed E-state index contributed by atoms with van der Waals surface area (Å²) in [5, 5.41) is 24.5. The lowest BCUT2D eigenvalue weighted by molar-refractivity contribution is -0.124. The number of aliphatic hydroxyl groups excluding tert-OH is 2. The second kappa shape index (κ2) is 58.8. The smallest absolute Gasteiger partial charge is 0.258 e. The molecule has 6 N–H and O–H groups in total. The first-order chi connectivity index (χ1) is 49.0. The Morgan fingerprint density at radius 3 is 1.08 bits per heavy atom. The summed E-state index contributed by atoms with van der Waals surface area (Å²) in [5.74, 6) is 3.25. The van der Waals surface area contributed by atoms with E-state index in [9.17, 15) is 43.8 Å². The molecule has 0 unspecified atom stereocenters. The van der Waals surface area contributed by atoms with Gasteiger partial charge in [0.25, 0.3) is 11.8 Å². The Kier molecular flexibility index (Phi) is 61.6. The van der Waals surface area contributed by atoms with Gasteiger partial charge < -0.3 is 65.1 Å². The predicted octanol–water partition coefficient (Wildman–Crippen LogP) is 15.4. The molecule has 103 heavy (non-hydrogen) atoms. The van der Waals surface area contributed by atoms with Crippen LogP contribution in [0.5, 0.6) is 0 Å². The second-order valence-corrected chi connectivity index (χ2v) is 20.4. The fourth-order valence-corrected chi connectivity index (χ4v) is 10.4. The zero-order valence-corrected chi connectivity index (χ0v) is 71.8. The number of aryl methyl sites for hydroxylation is 2. The van der Waals surface area contributed by atoms with Gasteiger partial charge in [0.2, 0.25) is 6.08 Å². The number of carbonyl (C=O) groups is 7. The Labute approximate surface area is 624 Å². The fourth-order valence-electron chi connectivity index (χ4n) is 10.4. The summed E-state index contributed by atoms with van der Waals surface area (Å²) in [7, 11) is 11.8.